The molecule has 1 aliphatic heterocycles. The Hall–Kier alpha value is -4.14. The van der Waals surface area contributed by atoms with E-state index in [1.807, 2.05) is 36.5 Å². The first kappa shape index (κ1) is 22.1. The van der Waals surface area contributed by atoms with Crippen LogP contribution in [0.3, 0.4) is 0 Å². The van der Waals surface area contributed by atoms with Crippen molar-refractivity contribution in [1.29, 1.82) is 0 Å². The number of imide groups is 1. The Kier molecular flexibility index (Phi) is 6.39. The average Bonchev–Trinajstić information content (AvgIpc) is 3.32. The quantitative estimate of drug-likeness (QED) is 0.461. The van der Waals surface area contributed by atoms with Gasteiger partial charge in [-0.15, -0.1) is 0 Å². The predicted octanol–water partition coefficient (Wildman–Crippen LogP) is 2.62. The molecular formula is C24H25N5O4. The number of nitrogens with one attached hydrogen (secondary N) is 3. The lowest BCUT2D eigenvalue weighted by atomic mass is 10.1. The van der Waals surface area contributed by atoms with Crippen molar-refractivity contribution in [2.45, 2.75) is 32.4 Å². The molecule has 170 valence electrons. The standard InChI is InChI=1S/C24H25N5O4/c1-16(30)26-18-6-4-7-19(15-18)29-23(32)20(27-24(29)33)9-10-22(31)25-12-14-28-13-11-17-5-2-3-8-21(17)28/h2-8,11,13,15,20H,9-10,12,14H2,1H3,(H,25,31)(H,26,30)(H,27,33). The van der Waals surface area contributed by atoms with Gasteiger partial charge in [-0.25, -0.2) is 9.69 Å². The molecule has 3 N–H and O–H groups in total. The van der Waals surface area contributed by atoms with Gasteiger partial charge in [0, 0.05) is 43.8 Å². The number of hydrogen-bond acceptors (Lipinski definition) is 4. The van der Waals surface area contributed by atoms with Gasteiger partial charge in [0.2, 0.25) is 11.8 Å². The van der Waals surface area contributed by atoms with Crippen LogP contribution in [-0.4, -0.2) is 40.9 Å². The van der Waals surface area contributed by atoms with Gasteiger partial charge in [-0.3, -0.25) is 14.4 Å². The summed E-state index contributed by atoms with van der Waals surface area (Å²) in [7, 11) is 0. The van der Waals surface area contributed by atoms with Crippen LogP contribution >= 0.6 is 0 Å². The smallest absolute Gasteiger partial charge is 0.329 e. The van der Waals surface area contributed by atoms with E-state index in [9.17, 15) is 19.2 Å². The maximum atomic E-state index is 12.8. The van der Waals surface area contributed by atoms with Crippen molar-refractivity contribution < 1.29 is 19.2 Å². The number of para-hydroxylation sites is 1. The Bertz CT molecular complexity index is 1220. The first-order chi connectivity index (χ1) is 15.9. The van der Waals surface area contributed by atoms with Gasteiger partial charge < -0.3 is 20.5 Å². The highest BCUT2D eigenvalue weighted by Crippen LogP contribution is 2.24. The zero-order chi connectivity index (χ0) is 23.4. The van der Waals surface area contributed by atoms with Crippen molar-refractivity contribution in [3.05, 3.63) is 60.8 Å². The van der Waals surface area contributed by atoms with Gasteiger partial charge in [0.25, 0.3) is 5.91 Å². The fourth-order valence-corrected chi connectivity index (χ4v) is 3.91. The molecule has 0 radical (unpaired) electrons. The molecule has 1 aliphatic rings. The van der Waals surface area contributed by atoms with Crippen LogP contribution in [0.25, 0.3) is 10.9 Å². The molecule has 0 saturated carbocycles. The minimum atomic E-state index is -0.777. The number of nitrogens with zero attached hydrogens (tertiary/aromatic N) is 2. The zero-order valence-electron chi connectivity index (χ0n) is 18.2. The van der Waals surface area contributed by atoms with Crippen LogP contribution in [0.4, 0.5) is 16.2 Å². The van der Waals surface area contributed by atoms with Gasteiger partial charge >= 0.3 is 6.03 Å². The van der Waals surface area contributed by atoms with Crippen molar-refractivity contribution >= 4 is 46.0 Å². The third-order valence-corrected chi connectivity index (χ3v) is 5.46. The van der Waals surface area contributed by atoms with Crippen molar-refractivity contribution in [3.63, 3.8) is 0 Å². The van der Waals surface area contributed by atoms with E-state index in [0.29, 0.717) is 24.5 Å². The highest BCUT2D eigenvalue weighted by molar-refractivity contribution is 6.21. The zero-order valence-corrected chi connectivity index (χ0v) is 18.2. The van der Waals surface area contributed by atoms with E-state index in [4.69, 9.17) is 0 Å². The van der Waals surface area contributed by atoms with E-state index in [1.54, 1.807) is 24.3 Å². The third kappa shape index (κ3) is 5.03. The Morgan fingerprint density at radius 1 is 1.06 bits per heavy atom. The number of hydrogen-bond donors (Lipinski definition) is 3. The van der Waals surface area contributed by atoms with Crippen LogP contribution < -0.4 is 20.9 Å². The summed E-state index contributed by atoms with van der Waals surface area (Å²) in [5.41, 5.74) is 1.95. The number of benzene rings is 2. The molecule has 1 saturated heterocycles. The number of urea groups is 1. The summed E-state index contributed by atoms with van der Waals surface area (Å²) < 4.78 is 2.07. The summed E-state index contributed by atoms with van der Waals surface area (Å²) >= 11 is 0. The lowest BCUT2D eigenvalue weighted by Crippen LogP contribution is -2.33. The molecule has 1 atom stereocenters. The van der Waals surface area contributed by atoms with Gasteiger partial charge in [0.15, 0.2) is 0 Å². The van der Waals surface area contributed by atoms with Crippen molar-refractivity contribution in [2.24, 2.45) is 0 Å². The van der Waals surface area contributed by atoms with Gasteiger partial charge in [0.1, 0.15) is 6.04 Å². The number of amides is 5. The molecule has 33 heavy (non-hydrogen) atoms. The fraction of sp³-hybridized carbons (Fsp3) is 0.250. The SMILES string of the molecule is CC(=O)Nc1cccc(N2C(=O)NC(CCC(=O)NCCn3ccc4ccccc43)C2=O)c1. The highest BCUT2D eigenvalue weighted by Gasteiger charge is 2.39. The van der Waals surface area contributed by atoms with E-state index in [1.165, 1.54) is 6.92 Å². The Balaban J connectivity index is 1.28. The summed E-state index contributed by atoms with van der Waals surface area (Å²) in [4.78, 5) is 49.7. The number of rotatable bonds is 8. The van der Waals surface area contributed by atoms with Gasteiger partial charge in [-0.05, 0) is 42.1 Å². The Morgan fingerprint density at radius 2 is 1.88 bits per heavy atom. The van der Waals surface area contributed by atoms with Gasteiger partial charge in [-0.1, -0.05) is 24.3 Å². The largest absolute Gasteiger partial charge is 0.354 e. The van der Waals surface area contributed by atoms with Crippen LogP contribution in [0.5, 0.6) is 0 Å². The molecule has 1 aromatic heterocycles. The normalized spacial score (nSPS) is 15.5. The number of anilines is 2. The fourth-order valence-electron chi connectivity index (χ4n) is 3.91. The third-order valence-electron chi connectivity index (χ3n) is 5.46. The van der Waals surface area contributed by atoms with E-state index in [0.717, 1.165) is 15.8 Å². The van der Waals surface area contributed by atoms with Crippen molar-refractivity contribution in [3.8, 4) is 0 Å². The molecule has 9 nitrogen and oxygen atoms in total. The van der Waals surface area contributed by atoms with Crippen LogP contribution in [0.1, 0.15) is 19.8 Å². The van der Waals surface area contributed by atoms with E-state index < -0.39 is 18.0 Å². The molecule has 0 bridgehead atoms. The monoisotopic (exact) mass is 447 g/mol. The topological polar surface area (TPSA) is 113 Å². The second-order valence-electron chi connectivity index (χ2n) is 7.86. The molecule has 5 amide bonds. The lowest BCUT2D eigenvalue weighted by Gasteiger charge is -2.14. The van der Waals surface area contributed by atoms with Gasteiger partial charge in [0.05, 0.1) is 5.69 Å². The molecule has 3 aromatic rings. The summed E-state index contributed by atoms with van der Waals surface area (Å²) in [6.45, 7) is 2.48. The van der Waals surface area contributed by atoms with Crippen LogP contribution in [0.15, 0.2) is 60.8 Å². The van der Waals surface area contributed by atoms with E-state index >= 15 is 0 Å². The van der Waals surface area contributed by atoms with Crippen LogP contribution in [0.2, 0.25) is 0 Å². The minimum absolute atomic E-state index is 0.114. The maximum Gasteiger partial charge on any atom is 0.329 e. The molecule has 0 spiro atoms. The molecule has 2 heterocycles. The lowest BCUT2D eigenvalue weighted by molar-refractivity contribution is -0.122. The highest BCUT2D eigenvalue weighted by atomic mass is 16.2. The number of carbonyl (C=O) groups excluding carboxylic acids is 4. The average molecular weight is 447 g/mol. The minimum Gasteiger partial charge on any atom is -0.354 e. The Morgan fingerprint density at radius 3 is 2.70 bits per heavy atom. The molecule has 2 aromatic carbocycles. The molecular weight excluding hydrogens is 422 g/mol. The molecule has 1 unspecified atom stereocenters. The number of aromatic nitrogens is 1. The maximum absolute atomic E-state index is 12.8. The van der Waals surface area contributed by atoms with Crippen molar-refractivity contribution in [1.82, 2.24) is 15.2 Å². The van der Waals surface area contributed by atoms with Crippen LogP contribution in [-0.2, 0) is 20.9 Å². The summed E-state index contributed by atoms with van der Waals surface area (Å²) in [5.74, 6) is -0.857. The second kappa shape index (κ2) is 9.56. The van der Waals surface area contributed by atoms with Crippen molar-refractivity contribution in [2.75, 3.05) is 16.8 Å². The molecule has 0 aliphatic carbocycles. The Labute approximate surface area is 190 Å². The second-order valence-corrected chi connectivity index (χ2v) is 7.86. The summed E-state index contributed by atoms with van der Waals surface area (Å²) in [5, 5.41) is 9.27. The molecule has 1 fully saturated rings. The van der Waals surface area contributed by atoms with E-state index in [2.05, 4.69) is 20.5 Å². The van der Waals surface area contributed by atoms with E-state index in [-0.39, 0.29) is 24.7 Å². The first-order valence-electron chi connectivity index (χ1n) is 10.7. The number of carbonyl (C=O) groups is 4. The van der Waals surface area contributed by atoms with Crippen LogP contribution in [0, 0.1) is 0 Å². The summed E-state index contributed by atoms with van der Waals surface area (Å²) in [6.07, 6.45) is 2.30. The first-order valence-corrected chi connectivity index (χ1v) is 10.7. The van der Waals surface area contributed by atoms with Gasteiger partial charge in [-0.2, -0.15) is 0 Å². The molecule has 9 heteroatoms. The predicted molar refractivity (Wildman–Crippen MR) is 125 cm³/mol. The number of fused-ring (bicyclic) bond motifs is 1. The molecule has 4 rings (SSSR count). The summed E-state index contributed by atoms with van der Waals surface area (Å²) in [6, 6.07) is 15.2.